The lowest BCUT2D eigenvalue weighted by molar-refractivity contribution is -0.142. The van der Waals surface area contributed by atoms with Crippen LogP contribution in [0.3, 0.4) is 0 Å². The lowest BCUT2D eigenvalue weighted by Gasteiger charge is -2.40. The van der Waals surface area contributed by atoms with Gasteiger partial charge in [0.25, 0.3) is 0 Å². The second-order valence-corrected chi connectivity index (χ2v) is 6.98. The number of hydrogen-bond donors (Lipinski definition) is 1. The van der Waals surface area contributed by atoms with E-state index < -0.39 is 6.04 Å². The van der Waals surface area contributed by atoms with E-state index in [9.17, 15) is 9.59 Å². The van der Waals surface area contributed by atoms with Crippen molar-refractivity contribution in [3.63, 3.8) is 0 Å². The molecule has 1 N–H and O–H groups in total. The third kappa shape index (κ3) is 3.22. The van der Waals surface area contributed by atoms with E-state index in [0.29, 0.717) is 13.0 Å². The fraction of sp³-hybridized carbons (Fsp3) is 0.750. The average molecular weight is 279 g/mol. The zero-order valence-electron chi connectivity index (χ0n) is 12.7. The largest absolute Gasteiger partial charge is 0.464 e. The molecule has 0 radical (unpaired) electrons. The Morgan fingerprint density at radius 2 is 2.05 bits per heavy atom. The zero-order chi connectivity index (χ0) is 14.9. The third-order valence-corrected chi connectivity index (χ3v) is 4.61. The number of cyclic esters (lactones) is 1. The third-order valence-electron chi connectivity index (χ3n) is 4.61. The molecule has 1 aliphatic heterocycles. The van der Waals surface area contributed by atoms with Gasteiger partial charge in [-0.2, -0.15) is 0 Å². The fourth-order valence-corrected chi connectivity index (χ4v) is 3.36. The second-order valence-electron chi connectivity index (χ2n) is 6.98. The van der Waals surface area contributed by atoms with Crippen LogP contribution >= 0.6 is 0 Å². The Bertz CT molecular complexity index is 427. The number of rotatable bonds is 3. The van der Waals surface area contributed by atoms with Crippen LogP contribution < -0.4 is 5.32 Å². The first-order valence-electron chi connectivity index (χ1n) is 7.42. The van der Waals surface area contributed by atoms with Crippen LogP contribution in [0.5, 0.6) is 0 Å². The van der Waals surface area contributed by atoms with Gasteiger partial charge in [0, 0.05) is 12.3 Å². The number of nitrogens with one attached hydrogen (secondary N) is 1. The molecule has 1 heterocycles. The predicted octanol–water partition coefficient (Wildman–Crippen LogP) is 2.44. The molecule has 0 aromatic rings. The van der Waals surface area contributed by atoms with Crippen LogP contribution in [0.15, 0.2) is 12.2 Å². The SMILES string of the molecule is C=C(C)C1CCC(C)(C)CC1C(=O)NC1CCOC1=O. The predicted molar refractivity (Wildman–Crippen MR) is 76.9 cm³/mol. The number of amides is 1. The first-order valence-corrected chi connectivity index (χ1v) is 7.42. The van der Waals surface area contributed by atoms with Crippen molar-refractivity contribution >= 4 is 11.9 Å². The van der Waals surface area contributed by atoms with Crippen molar-refractivity contribution in [2.24, 2.45) is 17.3 Å². The van der Waals surface area contributed by atoms with Crippen molar-refractivity contribution in [1.82, 2.24) is 5.32 Å². The molecule has 2 aliphatic rings. The van der Waals surface area contributed by atoms with Gasteiger partial charge in [-0.05, 0) is 37.5 Å². The Kier molecular flexibility index (Phi) is 4.21. The van der Waals surface area contributed by atoms with Crippen molar-refractivity contribution in [2.45, 2.75) is 52.5 Å². The topological polar surface area (TPSA) is 55.4 Å². The maximum atomic E-state index is 12.5. The summed E-state index contributed by atoms with van der Waals surface area (Å²) in [5, 5.41) is 2.87. The van der Waals surface area contributed by atoms with Crippen molar-refractivity contribution in [3.05, 3.63) is 12.2 Å². The van der Waals surface area contributed by atoms with E-state index in [1.54, 1.807) is 0 Å². The first kappa shape index (κ1) is 15.1. The lowest BCUT2D eigenvalue weighted by Crippen LogP contribution is -2.46. The van der Waals surface area contributed by atoms with Gasteiger partial charge in [-0.15, -0.1) is 0 Å². The Hall–Kier alpha value is -1.32. The van der Waals surface area contributed by atoms with E-state index in [2.05, 4.69) is 25.7 Å². The van der Waals surface area contributed by atoms with Gasteiger partial charge >= 0.3 is 5.97 Å². The van der Waals surface area contributed by atoms with E-state index in [1.165, 1.54) is 0 Å². The second kappa shape index (κ2) is 5.58. The molecule has 1 amide bonds. The summed E-state index contributed by atoms with van der Waals surface area (Å²) in [5.74, 6) is -0.181. The Morgan fingerprint density at radius 3 is 2.60 bits per heavy atom. The van der Waals surface area contributed by atoms with E-state index in [0.717, 1.165) is 24.8 Å². The highest BCUT2D eigenvalue weighted by Crippen LogP contribution is 2.44. The maximum Gasteiger partial charge on any atom is 0.328 e. The monoisotopic (exact) mass is 279 g/mol. The number of allylic oxidation sites excluding steroid dienone is 1. The number of esters is 1. The van der Waals surface area contributed by atoms with E-state index in [1.807, 2.05) is 6.92 Å². The molecule has 1 saturated carbocycles. The summed E-state index contributed by atoms with van der Waals surface area (Å²) >= 11 is 0. The van der Waals surface area contributed by atoms with E-state index in [-0.39, 0.29) is 29.1 Å². The van der Waals surface area contributed by atoms with Crippen LogP contribution in [0, 0.1) is 17.3 Å². The highest BCUT2D eigenvalue weighted by Gasteiger charge is 2.40. The molecule has 112 valence electrons. The van der Waals surface area contributed by atoms with Gasteiger partial charge in [-0.1, -0.05) is 26.0 Å². The maximum absolute atomic E-state index is 12.5. The summed E-state index contributed by atoms with van der Waals surface area (Å²) in [7, 11) is 0. The first-order chi connectivity index (χ1) is 9.30. The Labute approximate surface area is 120 Å². The number of carbonyl (C=O) groups excluding carboxylic acids is 2. The fourth-order valence-electron chi connectivity index (χ4n) is 3.36. The number of hydrogen-bond acceptors (Lipinski definition) is 3. The molecular weight excluding hydrogens is 254 g/mol. The van der Waals surface area contributed by atoms with Crippen LogP contribution in [0.25, 0.3) is 0 Å². The Balaban J connectivity index is 2.07. The molecule has 4 nitrogen and oxygen atoms in total. The summed E-state index contributed by atoms with van der Waals surface area (Å²) in [4.78, 5) is 24.0. The summed E-state index contributed by atoms with van der Waals surface area (Å²) < 4.78 is 4.90. The molecule has 3 atom stereocenters. The smallest absolute Gasteiger partial charge is 0.328 e. The van der Waals surface area contributed by atoms with Gasteiger partial charge in [0.15, 0.2) is 0 Å². The van der Waals surface area contributed by atoms with Gasteiger partial charge in [0.2, 0.25) is 5.91 Å². The molecule has 4 heteroatoms. The van der Waals surface area contributed by atoms with Crippen LogP contribution in [0.1, 0.15) is 46.5 Å². The minimum absolute atomic E-state index is 0.0189. The molecule has 3 unspecified atom stereocenters. The Morgan fingerprint density at radius 1 is 1.35 bits per heavy atom. The van der Waals surface area contributed by atoms with Crippen molar-refractivity contribution < 1.29 is 14.3 Å². The van der Waals surface area contributed by atoms with Gasteiger partial charge in [-0.25, -0.2) is 4.79 Å². The summed E-state index contributed by atoms with van der Waals surface area (Å²) in [6.07, 6.45) is 3.53. The van der Waals surface area contributed by atoms with E-state index >= 15 is 0 Å². The van der Waals surface area contributed by atoms with Gasteiger partial charge in [0.05, 0.1) is 6.61 Å². The van der Waals surface area contributed by atoms with Gasteiger partial charge in [0.1, 0.15) is 6.04 Å². The average Bonchev–Trinajstić information content (AvgIpc) is 2.73. The zero-order valence-corrected chi connectivity index (χ0v) is 12.7. The summed E-state index contributed by atoms with van der Waals surface area (Å²) in [6, 6.07) is -0.460. The summed E-state index contributed by atoms with van der Waals surface area (Å²) in [5.41, 5.74) is 1.24. The van der Waals surface area contributed by atoms with Crippen molar-refractivity contribution in [2.75, 3.05) is 6.61 Å². The molecule has 0 bridgehead atoms. The quantitative estimate of drug-likeness (QED) is 0.637. The highest BCUT2D eigenvalue weighted by atomic mass is 16.5. The number of carbonyl (C=O) groups is 2. The molecule has 0 spiro atoms. The normalized spacial score (nSPS) is 32.5. The minimum atomic E-state index is -0.460. The lowest BCUT2D eigenvalue weighted by atomic mass is 9.65. The molecule has 1 aliphatic carbocycles. The molecular formula is C16H25NO3. The molecule has 0 aromatic carbocycles. The molecule has 2 fully saturated rings. The van der Waals surface area contributed by atoms with Crippen LogP contribution in [0.2, 0.25) is 0 Å². The molecule has 0 aromatic heterocycles. The molecule has 1 saturated heterocycles. The molecule has 2 rings (SSSR count). The van der Waals surface area contributed by atoms with Crippen LogP contribution in [0.4, 0.5) is 0 Å². The number of ether oxygens (including phenoxy) is 1. The van der Waals surface area contributed by atoms with Crippen LogP contribution in [-0.4, -0.2) is 24.5 Å². The van der Waals surface area contributed by atoms with Gasteiger partial charge in [-0.3, -0.25) is 4.79 Å². The van der Waals surface area contributed by atoms with E-state index in [4.69, 9.17) is 4.74 Å². The standard InChI is InChI=1S/C16H25NO3/c1-10(2)11-5-7-16(3,4)9-12(11)14(18)17-13-6-8-20-15(13)19/h11-13H,1,5-9H2,2-4H3,(H,17,18). The summed E-state index contributed by atoms with van der Waals surface area (Å²) in [6.45, 7) is 10.8. The molecule has 20 heavy (non-hydrogen) atoms. The van der Waals surface area contributed by atoms with Crippen molar-refractivity contribution in [3.8, 4) is 0 Å². The minimum Gasteiger partial charge on any atom is -0.464 e. The van der Waals surface area contributed by atoms with Crippen LogP contribution in [-0.2, 0) is 14.3 Å². The highest BCUT2D eigenvalue weighted by molar-refractivity contribution is 5.87. The van der Waals surface area contributed by atoms with Crippen molar-refractivity contribution in [1.29, 1.82) is 0 Å². The van der Waals surface area contributed by atoms with Gasteiger partial charge < -0.3 is 10.1 Å².